The Morgan fingerprint density at radius 1 is 1.11 bits per heavy atom. The lowest BCUT2D eigenvalue weighted by atomic mass is 10.2. The number of hydrogen-bond donors (Lipinski definition) is 1. The van der Waals surface area contributed by atoms with Crippen molar-refractivity contribution in [3.63, 3.8) is 0 Å². The van der Waals surface area contributed by atoms with Crippen LogP contribution < -0.4 is 5.73 Å². The normalized spacial score (nSPS) is 10.3. The smallest absolute Gasteiger partial charge is 0.249 e. The van der Waals surface area contributed by atoms with Crippen LogP contribution in [0, 0.1) is 0 Å². The molecule has 0 saturated heterocycles. The molecule has 0 aromatic heterocycles. The molecule has 0 fully saturated rings. The van der Waals surface area contributed by atoms with Crippen molar-refractivity contribution in [1.82, 2.24) is 0 Å². The summed E-state index contributed by atoms with van der Waals surface area (Å²) in [6, 6.07) is 15.0. The zero-order valence-corrected chi connectivity index (χ0v) is 11.2. The third kappa shape index (κ3) is 3.06. The van der Waals surface area contributed by atoms with Gasteiger partial charge in [-0.2, -0.15) is 0 Å². The summed E-state index contributed by atoms with van der Waals surface area (Å²) in [7, 11) is 0. The molecule has 92 valence electrons. The molecule has 18 heavy (non-hydrogen) atoms. The van der Waals surface area contributed by atoms with Crippen molar-refractivity contribution in [1.29, 1.82) is 0 Å². The van der Waals surface area contributed by atoms with E-state index in [0.29, 0.717) is 11.3 Å². The number of carbonyl (C=O) groups is 1. The van der Waals surface area contributed by atoms with Gasteiger partial charge < -0.3 is 5.73 Å². The first-order valence-electron chi connectivity index (χ1n) is 5.43. The Morgan fingerprint density at radius 2 is 1.78 bits per heavy atom. The van der Waals surface area contributed by atoms with Crippen molar-refractivity contribution >= 4 is 29.3 Å². The highest BCUT2D eigenvalue weighted by Gasteiger charge is 2.08. The molecule has 2 aromatic rings. The van der Waals surface area contributed by atoms with E-state index in [4.69, 9.17) is 17.3 Å². The minimum atomic E-state index is -0.405. The van der Waals surface area contributed by atoms with Gasteiger partial charge in [0.25, 0.3) is 0 Å². The third-order valence-electron chi connectivity index (χ3n) is 2.49. The van der Waals surface area contributed by atoms with E-state index in [2.05, 4.69) is 0 Å². The molecule has 2 rings (SSSR count). The standard InChI is InChI=1S/C14H12ClNOS/c15-12-7-3-1-5-10(12)9-18-13-8-4-2-6-11(13)14(16)17/h1-8H,9H2,(H2,16,17). The average Bonchev–Trinajstić information content (AvgIpc) is 2.38. The molecular formula is C14H12ClNOS. The lowest BCUT2D eigenvalue weighted by Crippen LogP contribution is -2.11. The second kappa shape index (κ2) is 5.94. The highest BCUT2D eigenvalue weighted by atomic mass is 35.5. The molecule has 4 heteroatoms. The summed E-state index contributed by atoms with van der Waals surface area (Å²) in [5.41, 5.74) is 6.93. The molecule has 0 radical (unpaired) electrons. The van der Waals surface area contributed by atoms with Crippen LogP contribution in [-0.4, -0.2) is 5.91 Å². The van der Waals surface area contributed by atoms with Crippen LogP contribution >= 0.6 is 23.4 Å². The minimum Gasteiger partial charge on any atom is -0.366 e. The molecule has 2 N–H and O–H groups in total. The van der Waals surface area contributed by atoms with E-state index >= 15 is 0 Å². The molecule has 0 aliphatic heterocycles. The highest BCUT2D eigenvalue weighted by Crippen LogP contribution is 2.28. The lowest BCUT2D eigenvalue weighted by Gasteiger charge is -2.07. The van der Waals surface area contributed by atoms with Gasteiger partial charge in [0.1, 0.15) is 0 Å². The first-order chi connectivity index (χ1) is 8.68. The van der Waals surface area contributed by atoms with Crippen molar-refractivity contribution in [2.45, 2.75) is 10.6 Å². The fourth-order valence-corrected chi connectivity index (χ4v) is 2.91. The zero-order chi connectivity index (χ0) is 13.0. The third-order valence-corrected chi connectivity index (χ3v) is 3.98. The van der Waals surface area contributed by atoms with Gasteiger partial charge in [0.05, 0.1) is 5.56 Å². The van der Waals surface area contributed by atoms with Crippen LogP contribution in [0.25, 0.3) is 0 Å². The monoisotopic (exact) mass is 277 g/mol. The maximum Gasteiger partial charge on any atom is 0.249 e. The van der Waals surface area contributed by atoms with Gasteiger partial charge in [-0.1, -0.05) is 41.9 Å². The average molecular weight is 278 g/mol. The number of benzene rings is 2. The van der Waals surface area contributed by atoms with E-state index < -0.39 is 5.91 Å². The van der Waals surface area contributed by atoms with Gasteiger partial charge in [-0.05, 0) is 23.8 Å². The summed E-state index contributed by atoms with van der Waals surface area (Å²) in [5.74, 6) is 0.307. The maximum absolute atomic E-state index is 11.3. The SMILES string of the molecule is NC(=O)c1ccccc1SCc1ccccc1Cl. The van der Waals surface area contributed by atoms with Crippen LogP contribution in [-0.2, 0) is 5.75 Å². The molecule has 0 heterocycles. The van der Waals surface area contributed by atoms with Gasteiger partial charge in [0.15, 0.2) is 0 Å². The Kier molecular flexibility index (Phi) is 4.28. The lowest BCUT2D eigenvalue weighted by molar-refractivity contribution is 0.0997. The number of rotatable bonds is 4. The number of amides is 1. The number of hydrogen-bond acceptors (Lipinski definition) is 2. The first-order valence-corrected chi connectivity index (χ1v) is 6.80. The van der Waals surface area contributed by atoms with Crippen LogP contribution in [0.1, 0.15) is 15.9 Å². The molecule has 0 atom stereocenters. The van der Waals surface area contributed by atoms with Gasteiger partial charge in [-0.15, -0.1) is 11.8 Å². The number of nitrogens with two attached hydrogens (primary N) is 1. The highest BCUT2D eigenvalue weighted by molar-refractivity contribution is 7.98. The fraction of sp³-hybridized carbons (Fsp3) is 0.0714. The molecule has 0 aliphatic rings. The second-order valence-electron chi connectivity index (χ2n) is 3.74. The van der Waals surface area contributed by atoms with Crippen molar-refractivity contribution in [3.05, 3.63) is 64.7 Å². The quantitative estimate of drug-likeness (QED) is 0.866. The summed E-state index contributed by atoms with van der Waals surface area (Å²) in [6.07, 6.45) is 0. The molecule has 0 aliphatic carbocycles. The van der Waals surface area contributed by atoms with Crippen molar-refractivity contribution in [2.75, 3.05) is 0 Å². The molecule has 2 aromatic carbocycles. The van der Waals surface area contributed by atoms with Crippen LogP contribution in [0.2, 0.25) is 5.02 Å². The van der Waals surface area contributed by atoms with Crippen molar-refractivity contribution in [2.24, 2.45) is 5.73 Å². The Morgan fingerprint density at radius 3 is 2.50 bits per heavy atom. The molecule has 1 amide bonds. The molecule has 0 bridgehead atoms. The van der Waals surface area contributed by atoms with Crippen LogP contribution in [0.15, 0.2) is 53.4 Å². The van der Waals surface area contributed by atoms with Gasteiger partial charge in [0.2, 0.25) is 5.91 Å². The van der Waals surface area contributed by atoms with E-state index in [1.807, 2.05) is 36.4 Å². The minimum absolute atomic E-state index is 0.405. The second-order valence-corrected chi connectivity index (χ2v) is 5.16. The van der Waals surface area contributed by atoms with Gasteiger partial charge in [-0.25, -0.2) is 0 Å². The van der Waals surface area contributed by atoms with Crippen molar-refractivity contribution < 1.29 is 4.79 Å². The van der Waals surface area contributed by atoms with E-state index in [-0.39, 0.29) is 0 Å². The summed E-state index contributed by atoms with van der Waals surface area (Å²) in [5, 5.41) is 0.738. The van der Waals surface area contributed by atoms with E-state index in [9.17, 15) is 4.79 Å². The van der Waals surface area contributed by atoms with Crippen LogP contribution in [0.3, 0.4) is 0 Å². The molecule has 2 nitrogen and oxygen atoms in total. The molecule has 0 spiro atoms. The summed E-state index contributed by atoms with van der Waals surface area (Å²) in [4.78, 5) is 12.2. The molecule has 0 saturated carbocycles. The summed E-state index contributed by atoms with van der Waals surface area (Å²) < 4.78 is 0. The maximum atomic E-state index is 11.3. The number of halogens is 1. The number of primary amides is 1. The first kappa shape index (κ1) is 13.0. The van der Waals surface area contributed by atoms with Crippen molar-refractivity contribution in [3.8, 4) is 0 Å². The largest absolute Gasteiger partial charge is 0.366 e. The Bertz CT molecular complexity index is 571. The van der Waals surface area contributed by atoms with E-state index in [0.717, 1.165) is 15.5 Å². The van der Waals surface area contributed by atoms with Crippen LogP contribution in [0.5, 0.6) is 0 Å². The Labute approximate surface area is 115 Å². The predicted octanol–water partition coefficient (Wildman–Crippen LogP) is 3.73. The zero-order valence-electron chi connectivity index (χ0n) is 9.60. The number of thioether (sulfide) groups is 1. The topological polar surface area (TPSA) is 43.1 Å². The van der Waals surface area contributed by atoms with Gasteiger partial charge >= 0.3 is 0 Å². The summed E-state index contributed by atoms with van der Waals surface area (Å²) in [6.45, 7) is 0. The van der Waals surface area contributed by atoms with E-state index in [1.165, 1.54) is 0 Å². The Balaban J connectivity index is 2.16. The predicted molar refractivity (Wildman–Crippen MR) is 76.0 cm³/mol. The van der Waals surface area contributed by atoms with E-state index in [1.54, 1.807) is 23.9 Å². The molecular weight excluding hydrogens is 266 g/mol. The number of carbonyl (C=O) groups excluding carboxylic acids is 1. The Hall–Kier alpha value is -1.45. The molecule has 0 unspecified atom stereocenters. The fourth-order valence-electron chi connectivity index (χ4n) is 1.57. The summed E-state index contributed by atoms with van der Waals surface area (Å²) >= 11 is 7.65. The van der Waals surface area contributed by atoms with Gasteiger partial charge in [0, 0.05) is 15.7 Å². The van der Waals surface area contributed by atoms with Crippen LogP contribution in [0.4, 0.5) is 0 Å². The van der Waals surface area contributed by atoms with Gasteiger partial charge in [-0.3, -0.25) is 4.79 Å².